The van der Waals surface area contributed by atoms with Crippen LogP contribution in [-0.4, -0.2) is 32.5 Å². The number of carbonyl (C=O) groups is 2. The molecule has 1 aliphatic rings. The van der Waals surface area contributed by atoms with Gasteiger partial charge in [0, 0.05) is 30.8 Å². The quantitative estimate of drug-likeness (QED) is 0.827. The summed E-state index contributed by atoms with van der Waals surface area (Å²) in [5, 5.41) is 2.72. The highest BCUT2D eigenvalue weighted by Gasteiger charge is 2.20. The van der Waals surface area contributed by atoms with Crippen LogP contribution in [0.1, 0.15) is 25.7 Å². The van der Waals surface area contributed by atoms with Crippen LogP contribution in [0, 0.1) is 0 Å². The maximum Gasteiger partial charge on any atom is 0.226 e. The summed E-state index contributed by atoms with van der Waals surface area (Å²) in [5.74, 6) is -0.553. The number of anilines is 2. The first-order valence-electron chi connectivity index (χ1n) is 8.94. The van der Waals surface area contributed by atoms with E-state index in [1.165, 1.54) is 12.1 Å². The molecule has 2 amide bonds. The molecule has 2 aromatic rings. The van der Waals surface area contributed by atoms with Crippen LogP contribution in [0.3, 0.4) is 0 Å². The molecule has 1 N–H and O–H groups in total. The van der Waals surface area contributed by atoms with Gasteiger partial charge >= 0.3 is 0 Å². The van der Waals surface area contributed by atoms with Crippen LogP contribution in [-0.2, 0) is 19.4 Å². The van der Waals surface area contributed by atoms with Crippen molar-refractivity contribution in [1.82, 2.24) is 0 Å². The SMILES string of the molecule is O=C(CCS(=O)(=O)c1ccccc1)Nc1cccc(N2CCCCC2=O)c1. The minimum atomic E-state index is -3.49. The average Bonchev–Trinajstić information content (AvgIpc) is 2.68. The highest BCUT2D eigenvalue weighted by atomic mass is 32.2. The Balaban J connectivity index is 1.61. The maximum absolute atomic E-state index is 12.3. The zero-order chi connectivity index (χ0) is 19.3. The minimum absolute atomic E-state index is 0.0821. The second kappa shape index (κ2) is 8.35. The second-order valence-electron chi connectivity index (χ2n) is 6.48. The van der Waals surface area contributed by atoms with Crippen molar-refractivity contribution in [2.75, 3.05) is 22.5 Å². The van der Waals surface area contributed by atoms with Crippen molar-refractivity contribution in [2.24, 2.45) is 0 Å². The summed E-state index contributed by atoms with van der Waals surface area (Å²) in [6.07, 6.45) is 2.26. The third kappa shape index (κ3) is 4.95. The van der Waals surface area contributed by atoms with E-state index in [-0.39, 0.29) is 28.9 Å². The van der Waals surface area contributed by atoms with Gasteiger partial charge in [0.25, 0.3) is 0 Å². The van der Waals surface area contributed by atoms with Crippen molar-refractivity contribution < 1.29 is 18.0 Å². The third-order valence-corrected chi connectivity index (χ3v) is 6.20. The molecule has 0 bridgehead atoms. The van der Waals surface area contributed by atoms with Crippen molar-refractivity contribution in [2.45, 2.75) is 30.6 Å². The molecule has 1 heterocycles. The molecule has 1 saturated heterocycles. The zero-order valence-electron chi connectivity index (χ0n) is 14.9. The second-order valence-corrected chi connectivity index (χ2v) is 8.59. The molecule has 0 aliphatic carbocycles. The zero-order valence-corrected chi connectivity index (χ0v) is 15.7. The van der Waals surface area contributed by atoms with Crippen LogP contribution in [0.4, 0.5) is 11.4 Å². The average molecular weight is 386 g/mol. The number of hydrogen-bond acceptors (Lipinski definition) is 4. The monoisotopic (exact) mass is 386 g/mol. The first-order chi connectivity index (χ1) is 13.0. The Kier molecular flexibility index (Phi) is 5.91. The Morgan fingerprint density at radius 1 is 1.04 bits per heavy atom. The number of piperidine rings is 1. The molecule has 3 rings (SSSR count). The molecule has 27 heavy (non-hydrogen) atoms. The van der Waals surface area contributed by atoms with Gasteiger partial charge in [0.05, 0.1) is 10.6 Å². The van der Waals surface area contributed by atoms with Gasteiger partial charge in [-0.25, -0.2) is 8.42 Å². The lowest BCUT2D eigenvalue weighted by Crippen LogP contribution is -2.35. The van der Waals surface area contributed by atoms with E-state index < -0.39 is 9.84 Å². The standard InChI is InChI=1S/C20H22N2O4S/c23-19(12-14-27(25,26)18-9-2-1-3-10-18)21-16-7-6-8-17(15-16)22-13-5-4-11-20(22)24/h1-3,6-10,15H,4-5,11-14H2,(H,21,23). The van der Waals surface area contributed by atoms with Crippen LogP contribution in [0.2, 0.25) is 0 Å². The lowest BCUT2D eigenvalue weighted by molar-refractivity contribution is -0.119. The molecule has 1 aliphatic heterocycles. The maximum atomic E-state index is 12.3. The largest absolute Gasteiger partial charge is 0.326 e. The fourth-order valence-corrected chi connectivity index (χ4v) is 4.29. The third-order valence-electron chi connectivity index (χ3n) is 4.47. The summed E-state index contributed by atoms with van der Waals surface area (Å²) in [7, 11) is -3.49. The summed E-state index contributed by atoms with van der Waals surface area (Å²) in [4.78, 5) is 26.2. The number of rotatable bonds is 6. The number of sulfone groups is 1. The number of nitrogens with one attached hydrogen (secondary N) is 1. The Morgan fingerprint density at radius 3 is 2.56 bits per heavy atom. The van der Waals surface area contributed by atoms with Crippen LogP contribution < -0.4 is 10.2 Å². The highest BCUT2D eigenvalue weighted by Crippen LogP contribution is 2.24. The number of benzene rings is 2. The number of amides is 2. The Bertz CT molecular complexity index is 926. The fraction of sp³-hybridized carbons (Fsp3) is 0.300. The highest BCUT2D eigenvalue weighted by molar-refractivity contribution is 7.91. The normalized spacial score (nSPS) is 14.8. The van der Waals surface area contributed by atoms with Crippen molar-refractivity contribution in [3.63, 3.8) is 0 Å². The molecule has 0 radical (unpaired) electrons. The van der Waals surface area contributed by atoms with Gasteiger partial charge in [-0.15, -0.1) is 0 Å². The Labute approximate surface area is 159 Å². The predicted octanol–water partition coefficient (Wildman–Crippen LogP) is 3.01. The topological polar surface area (TPSA) is 83.6 Å². The fourth-order valence-electron chi connectivity index (χ4n) is 3.03. The molecule has 0 unspecified atom stereocenters. The van der Waals surface area contributed by atoms with Crippen molar-refractivity contribution in [1.29, 1.82) is 0 Å². The van der Waals surface area contributed by atoms with Crippen molar-refractivity contribution >= 4 is 33.0 Å². The van der Waals surface area contributed by atoms with Gasteiger partial charge in [-0.2, -0.15) is 0 Å². The lowest BCUT2D eigenvalue weighted by Gasteiger charge is -2.27. The van der Waals surface area contributed by atoms with Gasteiger partial charge in [-0.3, -0.25) is 9.59 Å². The molecular weight excluding hydrogens is 364 g/mol. The summed E-state index contributed by atoms with van der Waals surface area (Å²) < 4.78 is 24.5. The van der Waals surface area contributed by atoms with E-state index in [2.05, 4.69) is 5.32 Å². The van der Waals surface area contributed by atoms with Gasteiger partial charge in [0.2, 0.25) is 11.8 Å². The molecule has 0 atom stereocenters. The summed E-state index contributed by atoms with van der Waals surface area (Å²) in [6, 6.07) is 15.2. The van der Waals surface area contributed by atoms with E-state index in [4.69, 9.17) is 0 Å². The summed E-state index contributed by atoms with van der Waals surface area (Å²) >= 11 is 0. The molecule has 2 aromatic carbocycles. The van der Waals surface area contributed by atoms with Gasteiger partial charge < -0.3 is 10.2 Å². The van der Waals surface area contributed by atoms with E-state index in [0.29, 0.717) is 18.7 Å². The molecular formula is C20H22N2O4S. The summed E-state index contributed by atoms with van der Waals surface area (Å²) in [6.45, 7) is 0.672. The van der Waals surface area contributed by atoms with Gasteiger partial charge in [0.15, 0.2) is 9.84 Å². The van der Waals surface area contributed by atoms with Crippen molar-refractivity contribution in [3.8, 4) is 0 Å². The van der Waals surface area contributed by atoms with Crippen LogP contribution in [0.25, 0.3) is 0 Å². The van der Waals surface area contributed by atoms with Crippen LogP contribution in [0.5, 0.6) is 0 Å². The predicted molar refractivity (Wildman–Crippen MR) is 104 cm³/mol. The van der Waals surface area contributed by atoms with Crippen molar-refractivity contribution in [3.05, 3.63) is 54.6 Å². The smallest absolute Gasteiger partial charge is 0.226 e. The summed E-state index contributed by atoms with van der Waals surface area (Å²) in [5.41, 5.74) is 1.29. The molecule has 142 valence electrons. The number of hydrogen-bond donors (Lipinski definition) is 1. The molecule has 1 fully saturated rings. The first kappa shape index (κ1) is 19.1. The van der Waals surface area contributed by atoms with E-state index >= 15 is 0 Å². The Morgan fingerprint density at radius 2 is 1.81 bits per heavy atom. The van der Waals surface area contributed by atoms with Gasteiger partial charge in [0.1, 0.15) is 0 Å². The van der Waals surface area contributed by atoms with Crippen LogP contribution >= 0.6 is 0 Å². The van der Waals surface area contributed by atoms with E-state index in [9.17, 15) is 18.0 Å². The molecule has 6 nitrogen and oxygen atoms in total. The van der Waals surface area contributed by atoms with Crippen LogP contribution in [0.15, 0.2) is 59.5 Å². The van der Waals surface area contributed by atoms with Gasteiger partial charge in [-0.05, 0) is 43.2 Å². The molecule has 0 saturated carbocycles. The molecule has 0 spiro atoms. The Hall–Kier alpha value is -2.67. The van der Waals surface area contributed by atoms with E-state index in [1.807, 2.05) is 6.07 Å². The first-order valence-corrected chi connectivity index (χ1v) is 10.6. The van der Waals surface area contributed by atoms with E-state index in [1.54, 1.807) is 41.3 Å². The van der Waals surface area contributed by atoms with E-state index in [0.717, 1.165) is 18.5 Å². The number of carbonyl (C=O) groups excluding carboxylic acids is 2. The lowest BCUT2D eigenvalue weighted by atomic mass is 10.1. The van der Waals surface area contributed by atoms with Gasteiger partial charge in [-0.1, -0.05) is 24.3 Å². The molecule has 0 aromatic heterocycles. The minimum Gasteiger partial charge on any atom is -0.326 e. The molecule has 7 heteroatoms. The number of nitrogens with zero attached hydrogens (tertiary/aromatic N) is 1.